The number of nitrogens with zero attached hydrogens (tertiary/aromatic N) is 1. The third-order valence-corrected chi connectivity index (χ3v) is 4.74. The van der Waals surface area contributed by atoms with Crippen molar-refractivity contribution in [2.24, 2.45) is 0 Å². The van der Waals surface area contributed by atoms with Gasteiger partial charge >= 0.3 is 0 Å². The van der Waals surface area contributed by atoms with Crippen LogP contribution in [-0.4, -0.2) is 36.1 Å². The largest absolute Gasteiger partial charge is 0.381 e. The second-order valence-corrected chi connectivity index (χ2v) is 5.96. The first-order chi connectivity index (χ1) is 9.31. The van der Waals surface area contributed by atoms with Gasteiger partial charge in [0.25, 0.3) is 0 Å². The van der Waals surface area contributed by atoms with E-state index in [4.69, 9.17) is 4.74 Å². The van der Waals surface area contributed by atoms with E-state index in [0.29, 0.717) is 6.04 Å². The van der Waals surface area contributed by atoms with Crippen LogP contribution in [0.2, 0.25) is 0 Å². The zero-order valence-corrected chi connectivity index (χ0v) is 12.0. The summed E-state index contributed by atoms with van der Waals surface area (Å²) < 4.78 is 5.42. The molecule has 1 N–H and O–H groups in total. The molecule has 1 amide bonds. The smallest absolute Gasteiger partial charge is 0.241 e. The van der Waals surface area contributed by atoms with Gasteiger partial charge in [0, 0.05) is 19.3 Å². The molecular formula is C14H20N2O2S. The third-order valence-electron chi connectivity index (χ3n) is 4.04. The maximum Gasteiger partial charge on any atom is 0.241 e. The number of carbonyl (C=O) groups is 1. The average Bonchev–Trinajstić information content (AvgIpc) is 3.07. The number of rotatable bonds is 3. The molecule has 0 radical (unpaired) electrons. The van der Waals surface area contributed by atoms with Gasteiger partial charge in [-0.1, -0.05) is 6.92 Å². The Bertz CT molecular complexity index is 429. The summed E-state index contributed by atoms with van der Waals surface area (Å²) in [5.74, 6) is 0.255. The molecule has 2 unspecified atom stereocenters. The average molecular weight is 280 g/mol. The van der Waals surface area contributed by atoms with E-state index in [-0.39, 0.29) is 18.1 Å². The van der Waals surface area contributed by atoms with Crippen LogP contribution >= 0.6 is 11.3 Å². The second-order valence-electron chi connectivity index (χ2n) is 5.18. The minimum atomic E-state index is -0.0345. The summed E-state index contributed by atoms with van der Waals surface area (Å²) in [4.78, 5) is 14.6. The first-order valence-electron chi connectivity index (χ1n) is 6.99. The predicted molar refractivity (Wildman–Crippen MR) is 75.0 cm³/mol. The van der Waals surface area contributed by atoms with E-state index in [0.717, 1.165) is 32.5 Å². The molecule has 4 nitrogen and oxygen atoms in total. The standard InChI is InChI=1S/C14H20N2O2S/c1-2-12-14(17)16(11-3-6-18-7-4-11)13(15-12)10-5-8-19-9-10/h5,8-9,11-13,15H,2-4,6-7H2,1H3. The maximum absolute atomic E-state index is 12.6. The number of hydrogen-bond donors (Lipinski definition) is 1. The Labute approximate surface area is 117 Å². The van der Waals surface area contributed by atoms with Crippen LogP contribution < -0.4 is 5.32 Å². The molecule has 2 aliphatic heterocycles. The Morgan fingerprint density at radius 1 is 1.47 bits per heavy atom. The first kappa shape index (κ1) is 13.1. The van der Waals surface area contributed by atoms with E-state index in [2.05, 4.69) is 34.0 Å². The van der Waals surface area contributed by atoms with Gasteiger partial charge in [0.15, 0.2) is 0 Å². The summed E-state index contributed by atoms with van der Waals surface area (Å²) in [5.41, 5.74) is 1.21. The molecule has 0 aliphatic carbocycles. The lowest BCUT2D eigenvalue weighted by Gasteiger charge is -2.35. The Morgan fingerprint density at radius 3 is 2.89 bits per heavy atom. The van der Waals surface area contributed by atoms with Gasteiger partial charge < -0.3 is 9.64 Å². The van der Waals surface area contributed by atoms with Crippen LogP contribution in [-0.2, 0) is 9.53 Å². The Morgan fingerprint density at radius 2 is 2.26 bits per heavy atom. The summed E-state index contributed by atoms with van der Waals surface area (Å²) in [6.07, 6.45) is 2.79. The van der Waals surface area contributed by atoms with Crippen molar-refractivity contribution in [1.29, 1.82) is 0 Å². The zero-order chi connectivity index (χ0) is 13.2. The number of ether oxygens (including phenoxy) is 1. The Balaban J connectivity index is 1.85. The highest BCUT2D eigenvalue weighted by Gasteiger charge is 2.42. The molecule has 3 rings (SSSR count). The molecule has 0 aromatic carbocycles. The lowest BCUT2D eigenvalue weighted by Crippen LogP contribution is -2.43. The molecule has 5 heteroatoms. The highest BCUT2D eigenvalue weighted by atomic mass is 32.1. The predicted octanol–water partition coefficient (Wildman–Crippen LogP) is 2.14. The van der Waals surface area contributed by atoms with E-state index in [1.165, 1.54) is 5.56 Å². The van der Waals surface area contributed by atoms with Gasteiger partial charge in [-0.15, -0.1) is 0 Å². The van der Waals surface area contributed by atoms with Crippen LogP contribution in [0, 0.1) is 0 Å². The number of hydrogen-bond acceptors (Lipinski definition) is 4. The minimum Gasteiger partial charge on any atom is -0.381 e. The molecular weight excluding hydrogens is 260 g/mol. The van der Waals surface area contributed by atoms with Crippen molar-refractivity contribution in [2.75, 3.05) is 13.2 Å². The summed E-state index contributed by atoms with van der Waals surface area (Å²) in [5, 5.41) is 7.69. The monoisotopic (exact) mass is 280 g/mol. The fraction of sp³-hybridized carbons (Fsp3) is 0.643. The Kier molecular flexibility index (Phi) is 3.86. The quantitative estimate of drug-likeness (QED) is 0.922. The molecule has 0 bridgehead atoms. The van der Waals surface area contributed by atoms with Gasteiger partial charge in [-0.2, -0.15) is 11.3 Å². The number of carbonyl (C=O) groups excluding carboxylic acids is 1. The van der Waals surface area contributed by atoms with Gasteiger partial charge in [0.2, 0.25) is 5.91 Å². The first-order valence-corrected chi connectivity index (χ1v) is 7.93. The molecule has 0 saturated carbocycles. The van der Waals surface area contributed by atoms with Gasteiger partial charge in [0.05, 0.1) is 6.04 Å². The van der Waals surface area contributed by atoms with Crippen LogP contribution in [0.1, 0.15) is 37.9 Å². The number of amides is 1. The molecule has 1 aromatic heterocycles. The van der Waals surface area contributed by atoms with Crippen LogP contribution in [0.25, 0.3) is 0 Å². The normalized spacial score (nSPS) is 29.1. The topological polar surface area (TPSA) is 41.6 Å². The van der Waals surface area contributed by atoms with Gasteiger partial charge in [-0.05, 0) is 41.7 Å². The highest BCUT2D eigenvalue weighted by Crippen LogP contribution is 2.32. The van der Waals surface area contributed by atoms with Crippen molar-refractivity contribution in [3.8, 4) is 0 Å². The van der Waals surface area contributed by atoms with Crippen LogP contribution in [0.15, 0.2) is 16.8 Å². The number of thiophene rings is 1. The molecule has 2 fully saturated rings. The maximum atomic E-state index is 12.6. The van der Waals surface area contributed by atoms with Crippen molar-refractivity contribution in [3.05, 3.63) is 22.4 Å². The zero-order valence-electron chi connectivity index (χ0n) is 11.2. The molecule has 2 atom stereocenters. The van der Waals surface area contributed by atoms with Gasteiger partial charge in [-0.3, -0.25) is 10.1 Å². The van der Waals surface area contributed by atoms with Crippen LogP contribution in [0.4, 0.5) is 0 Å². The molecule has 19 heavy (non-hydrogen) atoms. The van der Waals surface area contributed by atoms with Crippen LogP contribution in [0.3, 0.4) is 0 Å². The van der Waals surface area contributed by atoms with Crippen LogP contribution in [0.5, 0.6) is 0 Å². The molecule has 104 valence electrons. The summed E-state index contributed by atoms with van der Waals surface area (Å²) in [6.45, 7) is 3.59. The van der Waals surface area contributed by atoms with E-state index < -0.39 is 0 Å². The number of nitrogens with one attached hydrogen (secondary N) is 1. The molecule has 2 aliphatic rings. The molecule has 1 aromatic rings. The lowest BCUT2D eigenvalue weighted by atomic mass is 10.1. The summed E-state index contributed by atoms with van der Waals surface area (Å²) >= 11 is 1.68. The fourth-order valence-electron chi connectivity index (χ4n) is 2.98. The van der Waals surface area contributed by atoms with E-state index in [1.807, 2.05) is 0 Å². The second kappa shape index (κ2) is 5.61. The highest BCUT2D eigenvalue weighted by molar-refractivity contribution is 7.07. The summed E-state index contributed by atoms with van der Waals surface area (Å²) in [7, 11) is 0. The SMILES string of the molecule is CCC1NC(c2ccsc2)N(C2CCOCC2)C1=O. The van der Waals surface area contributed by atoms with E-state index in [9.17, 15) is 4.79 Å². The van der Waals surface area contributed by atoms with Crippen molar-refractivity contribution in [3.63, 3.8) is 0 Å². The minimum absolute atomic E-state index is 0.0345. The molecule has 2 saturated heterocycles. The lowest BCUT2D eigenvalue weighted by molar-refractivity contribution is -0.134. The van der Waals surface area contributed by atoms with E-state index >= 15 is 0 Å². The van der Waals surface area contributed by atoms with Crippen molar-refractivity contribution in [1.82, 2.24) is 10.2 Å². The van der Waals surface area contributed by atoms with Gasteiger partial charge in [0.1, 0.15) is 6.17 Å². The van der Waals surface area contributed by atoms with Crippen molar-refractivity contribution in [2.45, 2.75) is 44.4 Å². The van der Waals surface area contributed by atoms with Crippen molar-refractivity contribution < 1.29 is 9.53 Å². The van der Waals surface area contributed by atoms with Gasteiger partial charge in [-0.25, -0.2) is 0 Å². The van der Waals surface area contributed by atoms with Crippen molar-refractivity contribution >= 4 is 17.2 Å². The fourth-order valence-corrected chi connectivity index (χ4v) is 3.66. The third kappa shape index (κ3) is 2.42. The Hall–Kier alpha value is -0.910. The molecule has 0 spiro atoms. The van der Waals surface area contributed by atoms with E-state index in [1.54, 1.807) is 11.3 Å². The summed E-state index contributed by atoms with van der Waals surface area (Å²) in [6, 6.07) is 2.39. The molecule has 3 heterocycles.